The van der Waals surface area contributed by atoms with Crippen LogP contribution in [0.1, 0.15) is 46.5 Å². The van der Waals surface area contributed by atoms with Gasteiger partial charge >= 0.3 is 0 Å². The summed E-state index contributed by atoms with van der Waals surface area (Å²) >= 11 is 0. The molecule has 0 spiro atoms. The molecule has 4 heteroatoms. The van der Waals surface area contributed by atoms with Crippen LogP contribution in [-0.4, -0.2) is 60.1 Å². The minimum atomic E-state index is -0.414. The van der Waals surface area contributed by atoms with Crippen molar-refractivity contribution >= 4 is 0 Å². The number of piperidine rings is 1. The zero-order valence-corrected chi connectivity index (χ0v) is 13.5. The van der Waals surface area contributed by atoms with Gasteiger partial charge in [0, 0.05) is 31.2 Å². The molecule has 0 aliphatic carbocycles. The third-order valence-corrected chi connectivity index (χ3v) is 5.30. The average molecular weight is 278 g/mol. The highest BCUT2D eigenvalue weighted by molar-refractivity contribution is 5.05. The summed E-state index contributed by atoms with van der Waals surface area (Å²) in [5.74, 6) is 0. The van der Waals surface area contributed by atoms with Crippen LogP contribution in [0, 0.1) is 11.3 Å². The molecule has 0 radical (unpaired) electrons. The second-order valence-electron chi connectivity index (χ2n) is 6.94. The molecule has 4 atom stereocenters. The molecule has 20 heavy (non-hydrogen) atoms. The molecule has 0 aromatic carbocycles. The minimum absolute atomic E-state index is 0.414. The van der Waals surface area contributed by atoms with Crippen molar-refractivity contribution in [1.29, 1.82) is 5.26 Å². The SMILES string of the molecule is CNC(C)(C#N)CC(C)N1CC2CCCCN2CC1C. The third kappa shape index (κ3) is 3.33. The molecule has 2 rings (SSSR count). The van der Waals surface area contributed by atoms with Gasteiger partial charge in [-0.2, -0.15) is 5.26 Å². The van der Waals surface area contributed by atoms with Crippen LogP contribution < -0.4 is 5.32 Å². The second-order valence-corrected chi connectivity index (χ2v) is 6.94. The number of hydrogen-bond acceptors (Lipinski definition) is 4. The van der Waals surface area contributed by atoms with E-state index in [-0.39, 0.29) is 0 Å². The van der Waals surface area contributed by atoms with E-state index in [1.807, 2.05) is 14.0 Å². The van der Waals surface area contributed by atoms with Crippen LogP contribution in [0.15, 0.2) is 0 Å². The van der Waals surface area contributed by atoms with Crippen molar-refractivity contribution in [1.82, 2.24) is 15.1 Å². The summed E-state index contributed by atoms with van der Waals surface area (Å²) in [6.45, 7) is 10.3. The van der Waals surface area contributed by atoms with Crippen molar-refractivity contribution in [3.8, 4) is 6.07 Å². The fourth-order valence-electron chi connectivity index (χ4n) is 3.90. The van der Waals surface area contributed by atoms with E-state index in [9.17, 15) is 5.26 Å². The molecular formula is C16H30N4. The van der Waals surface area contributed by atoms with E-state index < -0.39 is 5.54 Å². The number of nitrogens with zero attached hydrogens (tertiary/aromatic N) is 3. The van der Waals surface area contributed by atoms with Crippen LogP contribution in [0.5, 0.6) is 0 Å². The molecule has 4 nitrogen and oxygen atoms in total. The Morgan fingerprint density at radius 2 is 2.15 bits per heavy atom. The number of nitriles is 1. The van der Waals surface area contributed by atoms with Crippen molar-refractivity contribution < 1.29 is 0 Å². The first-order chi connectivity index (χ1) is 9.49. The maximum absolute atomic E-state index is 9.35. The highest BCUT2D eigenvalue weighted by Crippen LogP contribution is 2.27. The van der Waals surface area contributed by atoms with Crippen LogP contribution >= 0.6 is 0 Å². The molecule has 1 N–H and O–H groups in total. The van der Waals surface area contributed by atoms with Crippen LogP contribution in [0.4, 0.5) is 0 Å². The first-order valence-electron chi connectivity index (χ1n) is 8.09. The van der Waals surface area contributed by atoms with E-state index in [0.29, 0.717) is 12.1 Å². The van der Waals surface area contributed by atoms with Crippen LogP contribution in [-0.2, 0) is 0 Å². The van der Waals surface area contributed by atoms with E-state index in [1.165, 1.54) is 38.9 Å². The van der Waals surface area contributed by atoms with Gasteiger partial charge in [0.1, 0.15) is 5.54 Å². The topological polar surface area (TPSA) is 42.3 Å². The Balaban J connectivity index is 1.99. The van der Waals surface area contributed by atoms with E-state index in [0.717, 1.165) is 12.5 Å². The maximum Gasteiger partial charge on any atom is 0.105 e. The summed E-state index contributed by atoms with van der Waals surface area (Å²) in [4.78, 5) is 5.30. The van der Waals surface area contributed by atoms with Crippen molar-refractivity contribution in [2.75, 3.05) is 26.7 Å². The van der Waals surface area contributed by atoms with Gasteiger partial charge in [0.15, 0.2) is 0 Å². The zero-order chi connectivity index (χ0) is 14.8. The number of hydrogen-bond donors (Lipinski definition) is 1. The Labute approximate surface area is 124 Å². The molecule has 2 heterocycles. The van der Waals surface area contributed by atoms with Gasteiger partial charge in [0.05, 0.1) is 6.07 Å². The highest BCUT2D eigenvalue weighted by Gasteiger charge is 2.36. The summed E-state index contributed by atoms with van der Waals surface area (Å²) in [7, 11) is 1.89. The number of rotatable bonds is 4. The first-order valence-corrected chi connectivity index (χ1v) is 8.09. The monoisotopic (exact) mass is 278 g/mol. The summed E-state index contributed by atoms with van der Waals surface area (Å²) in [6.07, 6.45) is 4.98. The van der Waals surface area contributed by atoms with Gasteiger partial charge in [-0.1, -0.05) is 6.42 Å². The van der Waals surface area contributed by atoms with Gasteiger partial charge < -0.3 is 5.32 Å². The lowest BCUT2D eigenvalue weighted by molar-refractivity contribution is -0.00885. The molecule has 114 valence electrons. The molecule has 0 saturated carbocycles. The fraction of sp³-hybridized carbons (Fsp3) is 0.938. The highest BCUT2D eigenvalue weighted by atomic mass is 15.3. The Morgan fingerprint density at radius 3 is 2.80 bits per heavy atom. The van der Waals surface area contributed by atoms with E-state index in [1.54, 1.807) is 0 Å². The van der Waals surface area contributed by atoms with Crippen LogP contribution in [0.25, 0.3) is 0 Å². The smallest absolute Gasteiger partial charge is 0.105 e. The van der Waals surface area contributed by atoms with Crippen molar-refractivity contribution in [3.05, 3.63) is 0 Å². The fourth-order valence-corrected chi connectivity index (χ4v) is 3.90. The lowest BCUT2D eigenvalue weighted by Gasteiger charge is -2.50. The summed E-state index contributed by atoms with van der Waals surface area (Å²) in [5.41, 5.74) is -0.414. The zero-order valence-electron chi connectivity index (χ0n) is 13.5. The number of fused-ring (bicyclic) bond motifs is 1. The normalized spacial score (nSPS) is 33.0. The Bertz CT molecular complexity index is 364. The molecule has 0 amide bonds. The van der Waals surface area contributed by atoms with Gasteiger partial charge in [0.25, 0.3) is 0 Å². The Morgan fingerprint density at radius 1 is 1.40 bits per heavy atom. The van der Waals surface area contributed by atoms with E-state index in [4.69, 9.17) is 0 Å². The largest absolute Gasteiger partial charge is 0.303 e. The molecule has 0 aromatic rings. The summed E-state index contributed by atoms with van der Waals surface area (Å²) < 4.78 is 0. The molecule has 2 aliphatic heterocycles. The lowest BCUT2D eigenvalue weighted by atomic mass is 9.91. The standard InChI is InChI=1S/C16H30N4/c1-13(9-16(3,12-17)18-4)20-11-15-7-5-6-8-19(15)10-14(20)2/h13-15,18H,5-11H2,1-4H3. The number of nitrogens with one attached hydrogen (secondary N) is 1. The van der Waals surface area contributed by atoms with Crippen LogP contribution in [0.2, 0.25) is 0 Å². The molecule has 0 aromatic heterocycles. The second kappa shape index (κ2) is 6.43. The quantitative estimate of drug-likeness (QED) is 0.852. The minimum Gasteiger partial charge on any atom is -0.303 e. The summed E-state index contributed by atoms with van der Waals surface area (Å²) in [6, 6.07) is 4.21. The first kappa shape index (κ1) is 15.8. The average Bonchev–Trinajstić information content (AvgIpc) is 2.46. The maximum atomic E-state index is 9.35. The Kier molecular flexibility index (Phi) is 5.06. The third-order valence-electron chi connectivity index (χ3n) is 5.30. The molecule has 4 unspecified atom stereocenters. The van der Waals surface area contributed by atoms with Crippen molar-refractivity contribution in [2.24, 2.45) is 0 Å². The molecule has 2 fully saturated rings. The molecule has 0 bridgehead atoms. The van der Waals surface area contributed by atoms with E-state index >= 15 is 0 Å². The molecule has 2 aliphatic rings. The van der Waals surface area contributed by atoms with Gasteiger partial charge in [0.2, 0.25) is 0 Å². The van der Waals surface area contributed by atoms with Gasteiger partial charge in [-0.05, 0) is 53.6 Å². The molecule has 2 saturated heterocycles. The number of piperazine rings is 1. The lowest BCUT2D eigenvalue weighted by Crippen LogP contribution is -2.61. The predicted molar refractivity (Wildman–Crippen MR) is 82.5 cm³/mol. The summed E-state index contributed by atoms with van der Waals surface area (Å²) in [5, 5.41) is 12.5. The van der Waals surface area contributed by atoms with Gasteiger partial charge in [-0.25, -0.2) is 0 Å². The van der Waals surface area contributed by atoms with Crippen LogP contribution in [0.3, 0.4) is 0 Å². The van der Waals surface area contributed by atoms with Crippen molar-refractivity contribution in [2.45, 2.75) is 70.1 Å². The van der Waals surface area contributed by atoms with E-state index in [2.05, 4.69) is 35.0 Å². The predicted octanol–water partition coefficient (Wildman–Crippen LogP) is 1.83. The molecular weight excluding hydrogens is 248 g/mol. The van der Waals surface area contributed by atoms with Crippen molar-refractivity contribution in [3.63, 3.8) is 0 Å². The Hall–Kier alpha value is -0.630. The van der Waals surface area contributed by atoms with Gasteiger partial charge in [-0.3, -0.25) is 9.80 Å². The van der Waals surface area contributed by atoms with Gasteiger partial charge in [-0.15, -0.1) is 0 Å².